The van der Waals surface area contributed by atoms with Gasteiger partial charge < -0.3 is 10.2 Å². The summed E-state index contributed by atoms with van der Waals surface area (Å²) in [7, 11) is 0. The molecule has 3 rings (SSSR count). The molecule has 0 spiro atoms. The molecule has 1 atom stereocenters. The highest BCUT2D eigenvalue weighted by Crippen LogP contribution is 2.24. The maximum absolute atomic E-state index is 12.4. The smallest absolute Gasteiger partial charge is 0.285 e. The Balaban J connectivity index is 1.78. The lowest BCUT2D eigenvalue weighted by molar-refractivity contribution is -0.117. The van der Waals surface area contributed by atoms with E-state index < -0.39 is 11.6 Å². The maximum Gasteiger partial charge on any atom is 0.285 e. The highest BCUT2D eigenvalue weighted by molar-refractivity contribution is 6.33. The minimum absolute atomic E-state index is 0.0101. The van der Waals surface area contributed by atoms with Gasteiger partial charge in [0.05, 0.1) is 11.9 Å². The lowest BCUT2D eigenvalue weighted by Crippen LogP contribution is -2.33. The molecule has 108 valence electrons. The summed E-state index contributed by atoms with van der Waals surface area (Å²) in [5.74, 6) is -0.0439. The van der Waals surface area contributed by atoms with E-state index in [4.69, 9.17) is 11.6 Å². The number of aromatic nitrogens is 2. The van der Waals surface area contributed by atoms with E-state index in [1.165, 1.54) is 6.20 Å². The monoisotopic (exact) mass is 304 g/mol. The van der Waals surface area contributed by atoms with Crippen LogP contribution in [0.5, 0.6) is 0 Å². The van der Waals surface area contributed by atoms with E-state index in [9.17, 15) is 9.59 Å². The van der Waals surface area contributed by atoms with Crippen LogP contribution >= 0.6 is 11.6 Å². The number of H-pyrrole nitrogens is 1. The van der Waals surface area contributed by atoms with E-state index in [2.05, 4.69) is 15.5 Å². The molecule has 6 nitrogen and oxygen atoms in total. The predicted octanol–water partition coefficient (Wildman–Crippen LogP) is 1.64. The number of para-hydroxylation sites is 1. The third-order valence-corrected chi connectivity index (χ3v) is 3.77. The van der Waals surface area contributed by atoms with E-state index in [0.717, 1.165) is 5.69 Å². The molecule has 1 saturated heterocycles. The molecule has 0 bridgehead atoms. The second-order valence-corrected chi connectivity index (χ2v) is 5.12. The number of rotatable bonds is 3. The molecule has 0 saturated carbocycles. The molecule has 7 heteroatoms. The van der Waals surface area contributed by atoms with Crippen LogP contribution in [0.15, 0.2) is 41.3 Å². The number of hydrogen-bond donors (Lipinski definition) is 2. The SMILES string of the molecule is O=C1C(Nc2cn[nH]c(=O)c2Cl)CCN1c1ccccc1. The second kappa shape index (κ2) is 5.57. The molecule has 1 fully saturated rings. The minimum atomic E-state index is -0.480. The normalized spacial score (nSPS) is 18.0. The van der Waals surface area contributed by atoms with Gasteiger partial charge in [-0.25, -0.2) is 5.10 Å². The summed E-state index contributed by atoms with van der Waals surface area (Å²) in [6.45, 7) is 0.620. The van der Waals surface area contributed by atoms with Gasteiger partial charge in [0.15, 0.2) is 0 Å². The molecule has 1 aliphatic rings. The number of carbonyl (C=O) groups is 1. The van der Waals surface area contributed by atoms with Crippen molar-refractivity contribution in [2.24, 2.45) is 0 Å². The van der Waals surface area contributed by atoms with Gasteiger partial charge in [-0.3, -0.25) is 9.59 Å². The Hall–Kier alpha value is -2.34. The Morgan fingerprint density at radius 1 is 1.29 bits per heavy atom. The van der Waals surface area contributed by atoms with Crippen LogP contribution in [-0.2, 0) is 4.79 Å². The van der Waals surface area contributed by atoms with Crippen LogP contribution in [0.25, 0.3) is 0 Å². The van der Waals surface area contributed by atoms with Crippen molar-refractivity contribution in [3.05, 3.63) is 51.9 Å². The number of nitrogens with one attached hydrogen (secondary N) is 2. The van der Waals surface area contributed by atoms with Crippen molar-refractivity contribution in [1.29, 1.82) is 0 Å². The zero-order chi connectivity index (χ0) is 14.8. The Bertz CT molecular complexity index is 716. The third kappa shape index (κ3) is 2.62. The van der Waals surface area contributed by atoms with E-state index in [0.29, 0.717) is 18.7 Å². The fraction of sp³-hybridized carbons (Fsp3) is 0.214. The van der Waals surface area contributed by atoms with Crippen LogP contribution in [0.4, 0.5) is 11.4 Å². The number of carbonyl (C=O) groups excluding carboxylic acids is 1. The second-order valence-electron chi connectivity index (χ2n) is 4.74. The molecule has 1 aromatic heterocycles. The van der Waals surface area contributed by atoms with Crippen LogP contribution in [0.2, 0.25) is 5.02 Å². The van der Waals surface area contributed by atoms with Crippen LogP contribution in [0.3, 0.4) is 0 Å². The zero-order valence-corrected chi connectivity index (χ0v) is 11.8. The molecule has 1 aliphatic heterocycles. The predicted molar refractivity (Wildman–Crippen MR) is 80.7 cm³/mol. The number of anilines is 2. The van der Waals surface area contributed by atoms with Gasteiger partial charge in [-0.2, -0.15) is 5.10 Å². The number of halogens is 1. The summed E-state index contributed by atoms with van der Waals surface area (Å²) in [6.07, 6.45) is 2.04. The first-order valence-corrected chi connectivity index (χ1v) is 6.91. The van der Waals surface area contributed by atoms with Gasteiger partial charge in [0.25, 0.3) is 5.56 Å². The highest BCUT2D eigenvalue weighted by Gasteiger charge is 2.32. The maximum atomic E-state index is 12.4. The molecule has 2 aromatic rings. The van der Waals surface area contributed by atoms with Crippen molar-refractivity contribution >= 4 is 28.9 Å². The van der Waals surface area contributed by atoms with Gasteiger partial charge in [-0.1, -0.05) is 29.8 Å². The quantitative estimate of drug-likeness (QED) is 0.903. The first-order chi connectivity index (χ1) is 10.2. The summed E-state index contributed by atoms with van der Waals surface area (Å²) in [4.78, 5) is 25.5. The molecule has 2 heterocycles. The van der Waals surface area contributed by atoms with Gasteiger partial charge in [-0.15, -0.1) is 0 Å². The minimum Gasteiger partial charge on any atom is -0.371 e. The molecular weight excluding hydrogens is 292 g/mol. The number of hydrogen-bond acceptors (Lipinski definition) is 4. The van der Waals surface area contributed by atoms with E-state index >= 15 is 0 Å². The van der Waals surface area contributed by atoms with Crippen LogP contribution in [0.1, 0.15) is 6.42 Å². The van der Waals surface area contributed by atoms with Crippen molar-refractivity contribution < 1.29 is 4.79 Å². The van der Waals surface area contributed by atoms with E-state index in [1.54, 1.807) is 4.90 Å². The lowest BCUT2D eigenvalue weighted by atomic mass is 10.2. The number of amides is 1. The van der Waals surface area contributed by atoms with Crippen LogP contribution in [0, 0.1) is 0 Å². The van der Waals surface area contributed by atoms with Crippen LogP contribution < -0.4 is 15.8 Å². The zero-order valence-electron chi connectivity index (χ0n) is 11.0. The lowest BCUT2D eigenvalue weighted by Gasteiger charge is -2.17. The molecule has 21 heavy (non-hydrogen) atoms. The van der Waals surface area contributed by atoms with Gasteiger partial charge in [0.2, 0.25) is 5.91 Å². The van der Waals surface area contributed by atoms with Crippen molar-refractivity contribution in [1.82, 2.24) is 10.2 Å². The van der Waals surface area contributed by atoms with Crippen molar-refractivity contribution in [3.8, 4) is 0 Å². The standard InChI is InChI=1S/C14H13ClN4O2/c15-12-11(8-16-18-13(12)20)17-10-6-7-19(14(10)21)9-4-2-1-3-5-9/h1-5,8,10H,6-7H2,(H2,17,18,20). The van der Waals surface area contributed by atoms with Gasteiger partial charge >= 0.3 is 0 Å². The van der Waals surface area contributed by atoms with Crippen LogP contribution in [-0.4, -0.2) is 28.7 Å². The molecular formula is C14H13ClN4O2. The molecule has 0 aliphatic carbocycles. The fourth-order valence-electron chi connectivity index (χ4n) is 2.35. The summed E-state index contributed by atoms with van der Waals surface area (Å²) in [5.41, 5.74) is 0.752. The van der Waals surface area contributed by atoms with E-state index in [-0.39, 0.29) is 10.9 Å². The topological polar surface area (TPSA) is 78.1 Å². The highest BCUT2D eigenvalue weighted by atomic mass is 35.5. The average Bonchev–Trinajstić information content (AvgIpc) is 2.86. The third-order valence-electron chi connectivity index (χ3n) is 3.40. The average molecular weight is 305 g/mol. The fourth-order valence-corrected chi connectivity index (χ4v) is 2.50. The molecule has 1 unspecified atom stereocenters. The van der Waals surface area contributed by atoms with Crippen molar-refractivity contribution in [2.75, 3.05) is 16.8 Å². The first kappa shape index (κ1) is 13.6. The number of benzene rings is 1. The Kier molecular flexibility index (Phi) is 3.62. The Morgan fingerprint density at radius 3 is 2.81 bits per heavy atom. The van der Waals surface area contributed by atoms with Crippen molar-refractivity contribution in [3.63, 3.8) is 0 Å². The van der Waals surface area contributed by atoms with Gasteiger partial charge in [0, 0.05) is 12.2 Å². The molecule has 1 amide bonds. The Labute approximate surface area is 125 Å². The first-order valence-electron chi connectivity index (χ1n) is 6.53. The molecule has 1 aromatic carbocycles. The van der Waals surface area contributed by atoms with E-state index in [1.807, 2.05) is 30.3 Å². The summed E-state index contributed by atoms with van der Waals surface area (Å²) in [5, 5.41) is 8.92. The van der Waals surface area contributed by atoms with Gasteiger partial charge in [-0.05, 0) is 18.6 Å². The largest absolute Gasteiger partial charge is 0.371 e. The Morgan fingerprint density at radius 2 is 2.05 bits per heavy atom. The molecule has 0 radical (unpaired) electrons. The summed E-state index contributed by atoms with van der Waals surface area (Å²) >= 11 is 5.90. The summed E-state index contributed by atoms with van der Waals surface area (Å²) < 4.78 is 0. The number of aromatic amines is 1. The molecule has 2 N–H and O–H groups in total. The van der Waals surface area contributed by atoms with Gasteiger partial charge in [0.1, 0.15) is 11.1 Å². The van der Waals surface area contributed by atoms with Crippen molar-refractivity contribution in [2.45, 2.75) is 12.5 Å². The summed E-state index contributed by atoms with van der Waals surface area (Å²) in [6, 6.07) is 9.05. The number of nitrogens with zero attached hydrogens (tertiary/aromatic N) is 2.